The van der Waals surface area contributed by atoms with Gasteiger partial charge in [-0.05, 0) is 33.8 Å². The lowest BCUT2D eigenvalue weighted by Crippen LogP contribution is -2.32. The van der Waals surface area contributed by atoms with Crippen molar-refractivity contribution in [2.24, 2.45) is 5.92 Å². The Bertz CT molecular complexity index is 512. The van der Waals surface area contributed by atoms with Gasteiger partial charge in [-0.25, -0.2) is 13.1 Å². The van der Waals surface area contributed by atoms with Crippen molar-refractivity contribution in [1.82, 2.24) is 4.72 Å². The Labute approximate surface area is 118 Å². The van der Waals surface area contributed by atoms with Crippen LogP contribution in [-0.2, 0) is 14.8 Å². The second-order valence-corrected chi connectivity index (χ2v) is 7.46. The van der Waals surface area contributed by atoms with Crippen LogP contribution in [0.3, 0.4) is 0 Å². The quantitative estimate of drug-likeness (QED) is 0.785. The third kappa shape index (κ3) is 4.04. The molecule has 0 bridgehead atoms. The molecule has 1 aromatic rings. The fourth-order valence-corrected chi connectivity index (χ4v) is 4.87. The lowest BCUT2D eigenvalue weighted by molar-refractivity contribution is -0.141. The second kappa shape index (κ2) is 6.65. The van der Waals surface area contributed by atoms with Crippen molar-refractivity contribution in [2.45, 2.75) is 24.0 Å². The van der Waals surface area contributed by atoms with Crippen LogP contribution in [0.5, 0.6) is 0 Å². The molecule has 2 N–H and O–H groups in total. The predicted octanol–water partition coefficient (Wildman–Crippen LogP) is 2.29. The lowest BCUT2D eigenvalue weighted by atomic mass is 10.1. The molecule has 102 valence electrons. The SMILES string of the molecule is CCCC(CNS(=O)(=O)c1sccc1Br)C(=O)O. The van der Waals surface area contributed by atoms with Crippen molar-refractivity contribution in [3.63, 3.8) is 0 Å². The van der Waals surface area contributed by atoms with E-state index in [0.717, 1.165) is 11.3 Å². The molecule has 0 saturated heterocycles. The Hall–Kier alpha value is -0.440. The fraction of sp³-hybridized carbons (Fsp3) is 0.500. The molecule has 0 spiro atoms. The normalized spacial score (nSPS) is 13.4. The molecule has 0 aromatic carbocycles. The number of sulfonamides is 1. The number of halogens is 1. The Morgan fingerprint density at radius 2 is 2.28 bits per heavy atom. The molecule has 1 unspecified atom stereocenters. The smallest absolute Gasteiger partial charge is 0.307 e. The Morgan fingerprint density at radius 1 is 1.61 bits per heavy atom. The van der Waals surface area contributed by atoms with Crippen LogP contribution in [0.2, 0.25) is 0 Å². The first-order valence-corrected chi connectivity index (χ1v) is 8.49. The molecule has 1 rings (SSSR count). The number of thiophene rings is 1. The third-order valence-corrected chi connectivity index (χ3v) is 6.43. The van der Waals surface area contributed by atoms with E-state index in [9.17, 15) is 13.2 Å². The number of carbonyl (C=O) groups is 1. The lowest BCUT2D eigenvalue weighted by Gasteiger charge is -2.12. The monoisotopic (exact) mass is 355 g/mol. The summed E-state index contributed by atoms with van der Waals surface area (Å²) in [4.78, 5) is 10.9. The summed E-state index contributed by atoms with van der Waals surface area (Å²) in [5.74, 6) is -1.67. The van der Waals surface area contributed by atoms with E-state index in [1.807, 2.05) is 6.92 Å². The molecule has 0 fully saturated rings. The van der Waals surface area contributed by atoms with Gasteiger partial charge in [-0.1, -0.05) is 13.3 Å². The van der Waals surface area contributed by atoms with E-state index in [4.69, 9.17) is 5.11 Å². The molecule has 5 nitrogen and oxygen atoms in total. The van der Waals surface area contributed by atoms with E-state index in [1.165, 1.54) is 0 Å². The number of carboxylic acids is 1. The third-order valence-electron chi connectivity index (χ3n) is 2.33. The van der Waals surface area contributed by atoms with E-state index in [0.29, 0.717) is 17.3 Å². The van der Waals surface area contributed by atoms with Gasteiger partial charge in [-0.15, -0.1) is 11.3 Å². The van der Waals surface area contributed by atoms with Gasteiger partial charge < -0.3 is 5.11 Å². The average molecular weight is 356 g/mol. The van der Waals surface area contributed by atoms with Gasteiger partial charge in [0.2, 0.25) is 0 Å². The van der Waals surface area contributed by atoms with Crippen molar-refractivity contribution >= 4 is 43.3 Å². The van der Waals surface area contributed by atoms with Gasteiger partial charge in [0.1, 0.15) is 4.21 Å². The number of rotatable bonds is 7. The second-order valence-electron chi connectivity index (χ2n) is 3.73. The molecule has 0 aliphatic heterocycles. The molecule has 1 atom stereocenters. The zero-order valence-corrected chi connectivity index (χ0v) is 12.9. The average Bonchev–Trinajstić information content (AvgIpc) is 2.71. The maximum atomic E-state index is 11.9. The van der Waals surface area contributed by atoms with Crippen molar-refractivity contribution < 1.29 is 18.3 Å². The zero-order chi connectivity index (χ0) is 13.8. The molecule has 0 radical (unpaired) electrons. The maximum Gasteiger partial charge on any atom is 0.307 e. The van der Waals surface area contributed by atoms with E-state index in [2.05, 4.69) is 20.7 Å². The molecule has 8 heteroatoms. The van der Waals surface area contributed by atoms with Crippen LogP contribution in [0, 0.1) is 5.92 Å². The molecule has 0 aliphatic carbocycles. The van der Waals surface area contributed by atoms with Crippen LogP contribution in [-0.4, -0.2) is 26.0 Å². The van der Waals surface area contributed by atoms with E-state index >= 15 is 0 Å². The van der Waals surface area contributed by atoms with Crippen LogP contribution in [0.15, 0.2) is 20.1 Å². The van der Waals surface area contributed by atoms with Crippen LogP contribution in [0.4, 0.5) is 0 Å². The standard InChI is InChI=1S/C10H14BrNO4S2/c1-2-3-7(9(13)14)6-12-18(15,16)10-8(11)4-5-17-10/h4-5,7,12H,2-3,6H2,1H3,(H,13,14). The number of hydrogen-bond acceptors (Lipinski definition) is 4. The summed E-state index contributed by atoms with van der Waals surface area (Å²) < 4.78 is 26.8. The van der Waals surface area contributed by atoms with Crippen molar-refractivity contribution in [3.8, 4) is 0 Å². The van der Waals surface area contributed by atoms with Crippen LogP contribution >= 0.6 is 27.3 Å². The summed E-state index contributed by atoms with van der Waals surface area (Å²) >= 11 is 4.23. The van der Waals surface area contributed by atoms with Gasteiger partial charge in [0.05, 0.1) is 5.92 Å². The molecular weight excluding hydrogens is 342 g/mol. The Kier molecular flexibility index (Phi) is 5.77. The van der Waals surface area contributed by atoms with Crippen molar-refractivity contribution in [2.75, 3.05) is 6.54 Å². The highest BCUT2D eigenvalue weighted by Gasteiger charge is 2.23. The first-order chi connectivity index (χ1) is 8.38. The molecule has 1 heterocycles. The molecule has 0 amide bonds. The first kappa shape index (κ1) is 15.6. The highest BCUT2D eigenvalue weighted by Crippen LogP contribution is 2.27. The van der Waals surface area contributed by atoms with E-state index in [1.54, 1.807) is 11.4 Å². The molecule has 0 saturated carbocycles. The summed E-state index contributed by atoms with van der Waals surface area (Å²) in [6.07, 6.45) is 1.14. The van der Waals surface area contributed by atoms with E-state index < -0.39 is 21.9 Å². The number of nitrogens with one attached hydrogen (secondary N) is 1. The zero-order valence-electron chi connectivity index (χ0n) is 9.72. The van der Waals surface area contributed by atoms with Crippen LogP contribution in [0.25, 0.3) is 0 Å². The summed E-state index contributed by atoms with van der Waals surface area (Å²) in [6.45, 7) is 1.77. The minimum Gasteiger partial charge on any atom is -0.481 e. The van der Waals surface area contributed by atoms with Gasteiger partial charge in [-0.2, -0.15) is 0 Å². The maximum absolute atomic E-state index is 11.9. The topological polar surface area (TPSA) is 83.5 Å². The predicted molar refractivity (Wildman–Crippen MR) is 73.2 cm³/mol. The molecule has 18 heavy (non-hydrogen) atoms. The summed E-state index contributed by atoms with van der Waals surface area (Å²) in [7, 11) is -3.64. The van der Waals surface area contributed by atoms with Gasteiger partial charge in [0.25, 0.3) is 10.0 Å². The van der Waals surface area contributed by atoms with Gasteiger partial charge >= 0.3 is 5.97 Å². The molecular formula is C10H14BrNO4S2. The minimum absolute atomic E-state index is 0.0875. The number of hydrogen-bond donors (Lipinski definition) is 2. The number of carboxylic acid groups (broad SMARTS) is 1. The van der Waals surface area contributed by atoms with Gasteiger partial charge in [0.15, 0.2) is 0 Å². The van der Waals surface area contributed by atoms with Gasteiger partial charge in [-0.3, -0.25) is 4.79 Å². The van der Waals surface area contributed by atoms with Crippen molar-refractivity contribution in [3.05, 3.63) is 15.9 Å². The molecule has 0 aliphatic rings. The highest BCUT2D eigenvalue weighted by molar-refractivity contribution is 9.10. The minimum atomic E-state index is -3.64. The molecule has 1 aromatic heterocycles. The summed E-state index contributed by atoms with van der Waals surface area (Å²) in [5, 5.41) is 10.6. The highest BCUT2D eigenvalue weighted by atomic mass is 79.9. The van der Waals surface area contributed by atoms with Crippen LogP contribution in [0.1, 0.15) is 19.8 Å². The Balaban J connectivity index is 2.73. The van der Waals surface area contributed by atoms with Crippen LogP contribution < -0.4 is 4.72 Å². The number of aliphatic carboxylic acids is 1. The largest absolute Gasteiger partial charge is 0.481 e. The summed E-state index contributed by atoms with van der Waals surface area (Å²) in [5.41, 5.74) is 0. The van der Waals surface area contributed by atoms with Gasteiger partial charge in [0, 0.05) is 11.0 Å². The Morgan fingerprint density at radius 3 is 2.72 bits per heavy atom. The summed E-state index contributed by atoms with van der Waals surface area (Å²) in [6, 6.07) is 1.64. The van der Waals surface area contributed by atoms with Crippen molar-refractivity contribution in [1.29, 1.82) is 0 Å². The van der Waals surface area contributed by atoms with E-state index in [-0.39, 0.29) is 10.8 Å². The first-order valence-electron chi connectivity index (χ1n) is 5.34. The fourth-order valence-electron chi connectivity index (χ4n) is 1.41.